The van der Waals surface area contributed by atoms with E-state index >= 15 is 0 Å². The van der Waals surface area contributed by atoms with Gasteiger partial charge in [-0.15, -0.1) is 11.3 Å². The van der Waals surface area contributed by atoms with E-state index in [-0.39, 0.29) is 0 Å². The lowest BCUT2D eigenvalue weighted by molar-refractivity contribution is 0.536. The van der Waals surface area contributed by atoms with Gasteiger partial charge in [-0.2, -0.15) is 5.10 Å². The quantitative estimate of drug-likeness (QED) is 0.776. The Balaban J connectivity index is 1.91. The predicted octanol–water partition coefficient (Wildman–Crippen LogP) is 3.84. The van der Waals surface area contributed by atoms with E-state index in [2.05, 4.69) is 53.7 Å². The van der Waals surface area contributed by atoms with Crippen LogP contribution in [0.2, 0.25) is 0 Å². The molecule has 2 heterocycles. The highest BCUT2D eigenvalue weighted by Crippen LogP contribution is 2.31. The van der Waals surface area contributed by atoms with Crippen LogP contribution in [0.1, 0.15) is 29.2 Å². The lowest BCUT2D eigenvalue weighted by Gasteiger charge is -2.16. The summed E-state index contributed by atoms with van der Waals surface area (Å²) >= 11 is 1.89. The van der Waals surface area contributed by atoms with Crippen LogP contribution in [-0.2, 0) is 13.5 Å². The van der Waals surface area contributed by atoms with Crippen molar-refractivity contribution < 1.29 is 0 Å². The van der Waals surface area contributed by atoms with Gasteiger partial charge in [-0.3, -0.25) is 4.68 Å². The number of nitrogens with one attached hydrogen (secondary N) is 1. The molecule has 0 aliphatic rings. The standard InChI is InChI=1S/C17H21N3S/c1-4-18-15(11-14-9-12(2)19-20(14)3)17-10-13-7-5-6-8-16(13)21-17/h5-10,15,18H,4,11H2,1-3H3. The molecule has 0 fully saturated rings. The smallest absolute Gasteiger partial charge is 0.0596 e. The molecule has 3 rings (SSSR count). The SMILES string of the molecule is CCNC(Cc1cc(C)nn1C)c1cc2ccccc2s1. The Kier molecular flexibility index (Phi) is 4.08. The van der Waals surface area contributed by atoms with Gasteiger partial charge in [-0.1, -0.05) is 25.1 Å². The van der Waals surface area contributed by atoms with Crippen molar-refractivity contribution >= 4 is 21.4 Å². The van der Waals surface area contributed by atoms with Gasteiger partial charge in [0.05, 0.1) is 5.69 Å². The summed E-state index contributed by atoms with van der Waals surface area (Å²) in [6.45, 7) is 5.18. The van der Waals surface area contributed by atoms with E-state index in [4.69, 9.17) is 0 Å². The van der Waals surface area contributed by atoms with E-state index in [1.807, 2.05) is 30.0 Å². The number of aryl methyl sites for hydroxylation is 2. The van der Waals surface area contributed by atoms with E-state index < -0.39 is 0 Å². The number of aromatic nitrogens is 2. The van der Waals surface area contributed by atoms with E-state index in [0.29, 0.717) is 6.04 Å². The lowest BCUT2D eigenvalue weighted by Crippen LogP contribution is -2.23. The second kappa shape index (κ2) is 6.00. The molecule has 2 aromatic heterocycles. The molecule has 0 aliphatic heterocycles. The molecule has 4 heteroatoms. The second-order valence-corrected chi connectivity index (χ2v) is 6.52. The summed E-state index contributed by atoms with van der Waals surface area (Å²) in [5, 5.41) is 9.40. The number of benzene rings is 1. The minimum absolute atomic E-state index is 0.349. The molecular weight excluding hydrogens is 278 g/mol. The average molecular weight is 299 g/mol. The zero-order chi connectivity index (χ0) is 14.8. The maximum absolute atomic E-state index is 4.45. The molecule has 1 aromatic carbocycles. The summed E-state index contributed by atoms with van der Waals surface area (Å²) in [5.41, 5.74) is 2.36. The molecule has 1 N–H and O–H groups in total. The maximum Gasteiger partial charge on any atom is 0.0596 e. The molecule has 0 saturated carbocycles. The van der Waals surface area contributed by atoms with Crippen molar-refractivity contribution in [2.75, 3.05) is 6.54 Å². The van der Waals surface area contributed by atoms with Crippen LogP contribution in [0.3, 0.4) is 0 Å². The lowest BCUT2D eigenvalue weighted by atomic mass is 10.1. The summed E-state index contributed by atoms with van der Waals surface area (Å²) in [5.74, 6) is 0. The Labute approximate surface area is 129 Å². The molecule has 1 unspecified atom stereocenters. The molecule has 0 saturated heterocycles. The van der Waals surface area contributed by atoms with Gasteiger partial charge in [-0.25, -0.2) is 0 Å². The van der Waals surface area contributed by atoms with Gasteiger partial charge in [-0.05, 0) is 37.1 Å². The van der Waals surface area contributed by atoms with Crippen molar-refractivity contribution in [2.45, 2.75) is 26.3 Å². The third-order valence-corrected chi connectivity index (χ3v) is 4.98. The number of hydrogen-bond donors (Lipinski definition) is 1. The van der Waals surface area contributed by atoms with E-state index in [1.54, 1.807) is 0 Å². The molecule has 0 radical (unpaired) electrons. The molecule has 1 atom stereocenters. The fourth-order valence-electron chi connectivity index (χ4n) is 2.76. The molecule has 3 aromatic rings. The van der Waals surface area contributed by atoms with Crippen LogP contribution in [0.4, 0.5) is 0 Å². The predicted molar refractivity (Wildman–Crippen MR) is 89.9 cm³/mol. The first-order valence-corrected chi connectivity index (χ1v) is 8.20. The van der Waals surface area contributed by atoms with Crippen LogP contribution >= 0.6 is 11.3 Å². The molecule has 0 amide bonds. The topological polar surface area (TPSA) is 29.9 Å². The molecule has 0 aliphatic carbocycles. The zero-order valence-corrected chi connectivity index (χ0v) is 13.6. The maximum atomic E-state index is 4.45. The Morgan fingerprint density at radius 3 is 2.76 bits per heavy atom. The number of thiophene rings is 1. The van der Waals surface area contributed by atoms with Crippen LogP contribution in [0.25, 0.3) is 10.1 Å². The second-order valence-electron chi connectivity index (χ2n) is 5.40. The molecule has 21 heavy (non-hydrogen) atoms. The van der Waals surface area contributed by atoms with Gasteiger partial charge in [0.15, 0.2) is 0 Å². The average Bonchev–Trinajstić information content (AvgIpc) is 3.01. The molecule has 0 bridgehead atoms. The van der Waals surface area contributed by atoms with Gasteiger partial charge in [0, 0.05) is 34.8 Å². The Morgan fingerprint density at radius 1 is 1.29 bits per heavy atom. The number of nitrogens with zero attached hydrogens (tertiary/aromatic N) is 2. The summed E-state index contributed by atoms with van der Waals surface area (Å²) < 4.78 is 3.35. The number of fused-ring (bicyclic) bond motifs is 1. The van der Waals surface area contributed by atoms with Gasteiger partial charge in [0.1, 0.15) is 0 Å². The first-order chi connectivity index (χ1) is 10.2. The normalized spacial score (nSPS) is 12.9. The highest BCUT2D eigenvalue weighted by atomic mass is 32.1. The fraction of sp³-hybridized carbons (Fsp3) is 0.353. The monoisotopic (exact) mass is 299 g/mol. The van der Waals surface area contributed by atoms with Crippen LogP contribution in [0.5, 0.6) is 0 Å². The van der Waals surface area contributed by atoms with Crippen molar-refractivity contribution in [1.82, 2.24) is 15.1 Å². The van der Waals surface area contributed by atoms with E-state index in [0.717, 1.165) is 18.7 Å². The molecule has 3 nitrogen and oxygen atoms in total. The zero-order valence-electron chi connectivity index (χ0n) is 12.8. The number of hydrogen-bond acceptors (Lipinski definition) is 3. The first kappa shape index (κ1) is 14.3. The first-order valence-electron chi connectivity index (χ1n) is 7.38. The summed E-state index contributed by atoms with van der Waals surface area (Å²) in [4.78, 5) is 1.40. The van der Waals surface area contributed by atoms with Crippen LogP contribution in [0.15, 0.2) is 36.4 Å². The van der Waals surface area contributed by atoms with Crippen molar-refractivity contribution in [3.63, 3.8) is 0 Å². The molecule has 110 valence electrons. The largest absolute Gasteiger partial charge is 0.309 e. The third kappa shape index (κ3) is 3.01. The van der Waals surface area contributed by atoms with Crippen molar-refractivity contribution in [2.24, 2.45) is 7.05 Å². The van der Waals surface area contributed by atoms with Gasteiger partial charge < -0.3 is 5.32 Å². The van der Waals surface area contributed by atoms with Crippen LogP contribution in [0, 0.1) is 6.92 Å². The summed E-state index contributed by atoms with van der Waals surface area (Å²) in [6.07, 6.45) is 0.970. The van der Waals surface area contributed by atoms with Gasteiger partial charge >= 0.3 is 0 Å². The van der Waals surface area contributed by atoms with E-state index in [1.165, 1.54) is 20.7 Å². The van der Waals surface area contributed by atoms with Crippen molar-refractivity contribution in [3.8, 4) is 0 Å². The third-order valence-electron chi connectivity index (χ3n) is 3.75. The van der Waals surface area contributed by atoms with Crippen molar-refractivity contribution in [3.05, 3.63) is 52.7 Å². The summed E-state index contributed by atoms with van der Waals surface area (Å²) in [6, 6.07) is 13.4. The molecule has 0 spiro atoms. The number of rotatable bonds is 5. The van der Waals surface area contributed by atoms with Gasteiger partial charge in [0.25, 0.3) is 0 Å². The minimum Gasteiger partial charge on any atom is -0.309 e. The fourth-order valence-corrected chi connectivity index (χ4v) is 3.90. The highest BCUT2D eigenvalue weighted by Gasteiger charge is 2.16. The van der Waals surface area contributed by atoms with E-state index in [9.17, 15) is 0 Å². The number of likely N-dealkylation sites (N-methyl/N-ethyl adjacent to an activating group) is 1. The highest BCUT2D eigenvalue weighted by molar-refractivity contribution is 7.19. The Bertz CT molecular complexity index is 708. The molecular formula is C17H21N3S. The Morgan fingerprint density at radius 2 is 2.10 bits per heavy atom. The van der Waals surface area contributed by atoms with Crippen molar-refractivity contribution in [1.29, 1.82) is 0 Å². The van der Waals surface area contributed by atoms with Crippen LogP contribution in [-0.4, -0.2) is 16.3 Å². The minimum atomic E-state index is 0.349. The Hall–Kier alpha value is -1.65. The van der Waals surface area contributed by atoms with Gasteiger partial charge in [0.2, 0.25) is 0 Å². The van der Waals surface area contributed by atoms with Crippen LogP contribution < -0.4 is 5.32 Å². The summed E-state index contributed by atoms with van der Waals surface area (Å²) in [7, 11) is 2.02.